The van der Waals surface area contributed by atoms with E-state index in [-0.39, 0.29) is 10.8 Å². The SMILES string of the molecule is Cc1cccc(NS(=O)(=O)c2cc(NC(=O)c3ccc(N4CCCC4)nc3)ccc2C)c1. The highest BCUT2D eigenvalue weighted by atomic mass is 32.2. The molecule has 1 aliphatic heterocycles. The molecular formula is C24H26N4O3S. The number of carbonyl (C=O) groups excluding carboxylic acids is 1. The topological polar surface area (TPSA) is 91.4 Å². The summed E-state index contributed by atoms with van der Waals surface area (Å²) in [6.07, 6.45) is 3.86. The molecule has 0 bridgehead atoms. The van der Waals surface area contributed by atoms with E-state index in [0.29, 0.717) is 22.5 Å². The zero-order chi connectivity index (χ0) is 22.7. The fraction of sp³-hybridized carbons (Fsp3) is 0.250. The molecule has 0 radical (unpaired) electrons. The van der Waals surface area contributed by atoms with Gasteiger partial charge in [-0.1, -0.05) is 18.2 Å². The fourth-order valence-corrected chi connectivity index (χ4v) is 5.06. The number of hydrogen-bond acceptors (Lipinski definition) is 5. The minimum Gasteiger partial charge on any atom is -0.357 e. The number of nitrogens with one attached hydrogen (secondary N) is 2. The summed E-state index contributed by atoms with van der Waals surface area (Å²) in [5, 5.41) is 2.78. The molecule has 3 aromatic rings. The Morgan fingerprint density at radius 1 is 0.969 bits per heavy atom. The molecule has 1 amide bonds. The van der Waals surface area contributed by atoms with Crippen molar-refractivity contribution in [3.05, 3.63) is 77.5 Å². The van der Waals surface area contributed by atoms with Gasteiger partial charge >= 0.3 is 0 Å². The fourth-order valence-electron chi connectivity index (χ4n) is 3.74. The second kappa shape index (κ2) is 9.00. The predicted octanol–water partition coefficient (Wildman–Crippen LogP) is 4.35. The Balaban J connectivity index is 1.51. The Morgan fingerprint density at radius 3 is 2.44 bits per heavy atom. The van der Waals surface area contributed by atoms with E-state index in [4.69, 9.17) is 0 Å². The van der Waals surface area contributed by atoms with Gasteiger partial charge in [0.25, 0.3) is 15.9 Å². The Hall–Kier alpha value is -3.39. The highest BCUT2D eigenvalue weighted by molar-refractivity contribution is 7.92. The van der Waals surface area contributed by atoms with Gasteiger partial charge in [-0.05, 0) is 74.2 Å². The molecule has 2 aromatic carbocycles. The number of nitrogens with zero attached hydrogens (tertiary/aromatic N) is 2. The zero-order valence-electron chi connectivity index (χ0n) is 18.1. The average Bonchev–Trinajstić information content (AvgIpc) is 3.30. The van der Waals surface area contributed by atoms with Gasteiger partial charge in [-0.15, -0.1) is 0 Å². The van der Waals surface area contributed by atoms with E-state index < -0.39 is 10.0 Å². The maximum Gasteiger partial charge on any atom is 0.262 e. The number of aromatic nitrogens is 1. The summed E-state index contributed by atoms with van der Waals surface area (Å²) in [4.78, 5) is 19.4. The highest BCUT2D eigenvalue weighted by Crippen LogP contribution is 2.24. The second-order valence-corrected chi connectivity index (χ2v) is 9.66. The predicted molar refractivity (Wildman–Crippen MR) is 127 cm³/mol. The third-order valence-corrected chi connectivity index (χ3v) is 6.97. The van der Waals surface area contributed by atoms with Gasteiger partial charge in [0, 0.05) is 30.7 Å². The highest BCUT2D eigenvalue weighted by Gasteiger charge is 2.19. The van der Waals surface area contributed by atoms with Gasteiger partial charge < -0.3 is 10.2 Å². The van der Waals surface area contributed by atoms with Gasteiger partial charge in [-0.3, -0.25) is 9.52 Å². The molecule has 1 saturated heterocycles. The van der Waals surface area contributed by atoms with E-state index in [9.17, 15) is 13.2 Å². The molecule has 4 rings (SSSR count). The first kappa shape index (κ1) is 21.8. The van der Waals surface area contributed by atoms with Crippen LogP contribution in [0, 0.1) is 13.8 Å². The van der Waals surface area contributed by atoms with Crippen LogP contribution >= 0.6 is 0 Å². The molecule has 0 spiro atoms. The number of pyridine rings is 1. The van der Waals surface area contributed by atoms with Gasteiger partial charge in [0.1, 0.15) is 5.82 Å². The van der Waals surface area contributed by atoms with Crippen LogP contribution < -0.4 is 14.9 Å². The van der Waals surface area contributed by atoms with Crippen LogP contribution in [0.5, 0.6) is 0 Å². The van der Waals surface area contributed by atoms with Crippen molar-refractivity contribution in [3.63, 3.8) is 0 Å². The van der Waals surface area contributed by atoms with Crippen LogP contribution in [0.1, 0.15) is 34.3 Å². The smallest absolute Gasteiger partial charge is 0.262 e. The monoisotopic (exact) mass is 450 g/mol. The lowest BCUT2D eigenvalue weighted by Gasteiger charge is -2.16. The van der Waals surface area contributed by atoms with Gasteiger partial charge in [0.2, 0.25) is 0 Å². The lowest BCUT2D eigenvalue weighted by atomic mass is 10.2. The number of benzene rings is 2. The Kier molecular flexibility index (Phi) is 6.14. The van der Waals surface area contributed by atoms with E-state index >= 15 is 0 Å². The molecule has 0 aliphatic carbocycles. The van der Waals surface area contributed by atoms with Crippen molar-refractivity contribution in [2.75, 3.05) is 28.0 Å². The van der Waals surface area contributed by atoms with Gasteiger partial charge in [-0.25, -0.2) is 13.4 Å². The Labute approximate surface area is 188 Å². The summed E-state index contributed by atoms with van der Waals surface area (Å²) in [5.74, 6) is 0.523. The standard InChI is InChI=1S/C24H26N4O3S/c1-17-6-5-7-21(14-17)27-32(30,31)22-15-20(10-8-18(22)2)26-24(29)19-9-11-23(25-16-19)28-12-3-4-13-28/h5-11,14-16,27H,3-4,12-13H2,1-2H3,(H,26,29). The van der Waals surface area contributed by atoms with E-state index in [1.807, 2.05) is 19.1 Å². The van der Waals surface area contributed by atoms with Crippen molar-refractivity contribution in [2.45, 2.75) is 31.6 Å². The quantitative estimate of drug-likeness (QED) is 0.583. The zero-order valence-corrected chi connectivity index (χ0v) is 18.9. The summed E-state index contributed by atoms with van der Waals surface area (Å²) in [5.41, 5.74) is 2.83. The number of aryl methyl sites for hydroxylation is 2. The van der Waals surface area contributed by atoms with Crippen LogP contribution in [-0.4, -0.2) is 32.4 Å². The molecule has 1 aliphatic rings. The lowest BCUT2D eigenvalue weighted by Crippen LogP contribution is -2.19. The number of rotatable bonds is 6. The summed E-state index contributed by atoms with van der Waals surface area (Å²) in [6.45, 7) is 5.58. The molecular weight excluding hydrogens is 424 g/mol. The van der Waals surface area contributed by atoms with Crippen molar-refractivity contribution >= 4 is 33.1 Å². The van der Waals surface area contributed by atoms with E-state index in [0.717, 1.165) is 37.3 Å². The summed E-state index contributed by atoms with van der Waals surface area (Å²) in [6, 6.07) is 15.6. The Morgan fingerprint density at radius 2 is 1.75 bits per heavy atom. The molecule has 7 nitrogen and oxygen atoms in total. The Bertz CT molecular complexity index is 1230. The molecule has 0 unspecified atom stereocenters. The number of sulfonamides is 1. The van der Waals surface area contributed by atoms with Crippen LogP contribution in [-0.2, 0) is 10.0 Å². The van der Waals surface area contributed by atoms with E-state index in [1.54, 1.807) is 49.5 Å². The first-order valence-corrected chi connectivity index (χ1v) is 12.0. The number of anilines is 3. The van der Waals surface area contributed by atoms with E-state index in [2.05, 4.69) is 19.9 Å². The van der Waals surface area contributed by atoms with Gasteiger partial charge in [-0.2, -0.15) is 0 Å². The maximum absolute atomic E-state index is 13.0. The molecule has 0 atom stereocenters. The maximum atomic E-state index is 13.0. The van der Waals surface area contributed by atoms with Gasteiger partial charge in [0.05, 0.1) is 10.5 Å². The summed E-state index contributed by atoms with van der Waals surface area (Å²) < 4.78 is 28.5. The van der Waals surface area contributed by atoms with Crippen LogP contribution in [0.4, 0.5) is 17.2 Å². The largest absolute Gasteiger partial charge is 0.357 e. The van der Waals surface area contributed by atoms with Crippen molar-refractivity contribution in [1.82, 2.24) is 4.98 Å². The average molecular weight is 451 g/mol. The van der Waals surface area contributed by atoms with Crippen molar-refractivity contribution in [3.8, 4) is 0 Å². The molecule has 32 heavy (non-hydrogen) atoms. The number of hydrogen-bond donors (Lipinski definition) is 2. The lowest BCUT2D eigenvalue weighted by molar-refractivity contribution is 0.102. The molecule has 0 saturated carbocycles. The van der Waals surface area contributed by atoms with Crippen molar-refractivity contribution in [2.24, 2.45) is 0 Å². The normalized spacial score (nSPS) is 13.8. The minimum absolute atomic E-state index is 0.110. The van der Waals surface area contributed by atoms with E-state index in [1.165, 1.54) is 6.07 Å². The molecule has 166 valence electrons. The van der Waals surface area contributed by atoms with Crippen molar-refractivity contribution < 1.29 is 13.2 Å². The summed E-state index contributed by atoms with van der Waals surface area (Å²) in [7, 11) is -3.82. The van der Waals surface area contributed by atoms with Crippen LogP contribution in [0.25, 0.3) is 0 Å². The molecule has 8 heteroatoms. The molecule has 2 N–H and O–H groups in total. The third-order valence-electron chi connectivity index (χ3n) is 5.45. The number of amides is 1. The van der Waals surface area contributed by atoms with Crippen LogP contribution in [0.3, 0.4) is 0 Å². The van der Waals surface area contributed by atoms with Crippen LogP contribution in [0.2, 0.25) is 0 Å². The molecule has 1 aromatic heterocycles. The van der Waals surface area contributed by atoms with Crippen molar-refractivity contribution in [1.29, 1.82) is 0 Å². The third kappa shape index (κ3) is 4.91. The first-order chi connectivity index (χ1) is 15.3. The van der Waals surface area contributed by atoms with Crippen LogP contribution in [0.15, 0.2) is 65.7 Å². The first-order valence-electron chi connectivity index (χ1n) is 10.5. The number of carbonyl (C=O) groups is 1. The second-order valence-electron chi connectivity index (χ2n) is 8.01. The molecule has 1 fully saturated rings. The minimum atomic E-state index is -3.82. The summed E-state index contributed by atoms with van der Waals surface area (Å²) >= 11 is 0. The van der Waals surface area contributed by atoms with Gasteiger partial charge in [0.15, 0.2) is 0 Å². The molecule has 2 heterocycles.